The maximum Gasteiger partial charge on any atom is 0.229 e. The molecule has 1 fully saturated rings. The molecule has 0 radical (unpaired) electrons. The minimum Gasteiger partial charge on any atom is -0.351 e. The molecule has 5 rings (SSSR count). The van der Waals surface area contributed by atoms with E-state index in [4.69, 9.17) is 35.4 Å². The molecule has 0 spiro atoms. The van der Waals surface area contributed by atoms with E-state index in [0.717, 1.165) is 45.8 Å². The molecule has 0 amide bonds. The van der Waals surface area contributed by atoms with Crippen LogP contribution in [0, 0.1) is 20.8 Å². The number of nitrogens with one attached hydrogen (secondary N) is 2. The van der Waals surface area contributed by atoms with Gasteiger partial charge in [-0.25, -0.2) is 8.42 Å². The van der Waals surface area contributed by atoms with Crippen molar-refractivity contribution in [2.75, 3.05) is 15.9 Å². The Morgan fingerprint density at radius 3 is 2.44 bits per heavy atom. The Morgan fingerprint density at radius 1 is 1.03 bits per heavy atom. The highest BCUT2D eigenvalue weighted by Gasteiger charge is 2.42. The van der Waals surface area contributed by atoms with Gasteiger partial charge in [0.1, 0.15) is 0 Å². The molecule has 0 saturated carbocycles. The molecule has 0 bridgehead atoms. The van der Waals surface area contributed by atoms with Gasteiger partial charge in [0.2, 0.25) is 10.0 Å². The summed E-state index contributed by atoms with van der Waals surface area (Å²) >= 11 is 18.7. The van der Waals surface area contributed by atoms with Crippen molar-refractivity contribution in [2.45, 2.75) is 32.9 Å². The summed E-state index contributed by atoms with van der Waals surface area (Å²) in [7, 11) is -3.41. The van der Waals surface area contributed by atoms with Crippen LogP contribution in [0.3, 0.4) is 0 Å². The van der Waals surface area contributed by atoms with Crippen molar-refractivity contribution in [1.29, 1.82) is 0 Å². The van der Waals surface area contributed by atoms with Crippen LogP contribution in [-0.2, 0) is 10.0 Å². The van der Waals surface area contributed by atoms with Crippen LogP contribution < -0.4 is 14.9 Å². The molecule has 1 saturated heterocycles. The van der Waals surface area contributed by atoms with Crippen LogP contribution in [-0.4, -0.2) is 29.3 Å². The van der Waals surface area contributed by atoms with Gasteiger partial charge in [0.15, 0.2) is 5.11 Å². The molecular formula is C28H27Cl2N5O2S2. The highest BCUT2D eigenvalue weighted by atomic mass is 35.5. The summed E-state index contributed by atoms with van der Waals surface area (Å²) in [5.74, 6) is 0. The molecule has 0 unspecified atom stereocenters. The molecule has 2 aromatic carbocycles. The Labute approximate surface area is 243 Å². The zero-order chi connectivity index (χ0) is 28.1. The quantitative estimate of drug-likeness (QED) is 0.241. The van der Waals surface area contributed by atoms with Gasteiger partial charge < -0.3 is 14.8 Å². The second kappa shape index (κ2) is 10.5. The Bertz CT molecular complexity index is 1690. The van der Waals surface area contributed by atoms with Gasteiger partial charge in [-0.1, -0.05) is 29.3 Å². The highest BCUT2D eigenvalue weighted by Crippen LogP contribution is 2.44. The molecule has 202 valence electrons. The van der Waals surface area contributed by atoms with Crippen molar-refractivity contribution >= 4 is 61.9 Å². The van der Waals surface area contributed by atoms with Crippen molar-refractivity contribution in [3.63, 3.8) is 0 Å². The highest BCUT2D eigenvalue weighted by molar-refractivity contribution is 7.92. The number of halogens is 2. The lowest BCUT2D eigenvalue weighted by molar-refractivity contribution is 0.565. The fourth-order valence-corrected chi connectivity index (χ4v) is 6.65. The normalized spacial score (nSPS) is 17.4. The first kappa shape index (κ1) is 27.5. The van der Waals surface area contributed by atoms with Crippen molar-refractivity contribution in [2.24, 2.45) is 0 Å². The number of benzene rings is 2. The van der Waals surface area contributed by atoms with E-state index in [0.29, 0.717) is 20.8 Å². The zero-order valence-electron chi connectivity index (χ0n) is 21.7. The van der Waals surface area contributed by atoms with Crippen LogP contribution in [0.25, 0.3) is 5.69 Å². The summed E-state index contributed by atoms with van der Waals surface area (Å²) in [6, 6.07) is 18.5. The third-order valence-corrected chi connectivity index (χ3v) is 8.26. The van der Waals surface area contributed by atoms with Gasteiger partial charge in [0, 0.05) is 28.3 Å². The van der Waals surface area contributed by atoms with E-state index in [1.165, 1.54) is 0 Å². The fraction of sp³-hybridized carbons (Fsp3) is 0.214. The number of nitrogens with zero attached hydrogens (tertiary/aromatic N) is 3. The number of anilines is 2. The van der Waals surface area contributed by atoms with Gasteiger partial charge >= 0.3 is 0 Å². The lowest BCUT2D eigenvalue weighted by Gasteiger charge is -2.29. The van der Waals surface area contributed by atoms with Gasteiger partial charge in [0.25, 0.3) is 0 Å². The minimum absolute atomic E-state index is 0.234. The van der Waals surface area contributed by atoms with E-state index in [-0.39, 0.29) is 12.1 Å². The number of pyridine rings is 1. The first-order valence-electron chi connectivity index (χ1n) is 12.2. The lowest BCUT2D eigenvalue weighted by Crippen LogP contribution is -2.29. The monoisotopic (exact) mass is 599 g/mol. The van der Waals surface area contributed by atoms with E-state index in [9.17, 15) is 8.42 Å². The summed E-state index contributed by atoms with van der Waals surface area (Å²) in [5.41, 5.74) is 6.89. The molecule has 2 aromatic heterocycles. The SMILES string of the molecule is Cc1cc(N2C(=S)N[C@@H](c3ccccn3)[C@H]2c2cc(C)n(-c3ccc(Cl)cc3Cl)c2C)ccc1NS(C)(=O)=O. The molecule has 3 heterocycles. The number of hydrogen-bond acceptors (Lipinski definition) is 4. The van der Waals surface area contributed by atoms with Gasteiger partial charge in [-0.2, -0.15) is 0 Å². The number of rotatable bonds is 6. The lowest BCUT2D eigenvalue weighted by atomic mass is 9.96. The summed E-state index contributed by atoms with van der Waals surface area (Å²) in [6.45, 7) is 5.97. The summed E-state index contributed by atoms with van der Waals surface area (Å²) < 4.78 is 28.4. The van der Waals surface area contributed by atoms with Crippen LogP contribution in [0.2, 0.25) is 10.0 Å². The Morgan fingerprint density at radius 2 is 1.79 bits per heavy atom. The molecule has 7 nitrogen and oxygen atoms in total. The third-order valence-electron chi connectivity index (χ3n) is 6.82. The van der Waals surface area contributed by atoms with Crippen molar-refractivity contribution in [1.82, 2.24) is 14.9 Å². The van der Waals surface area contributed by atoms with Crippen LogP contribution in [0.5, 0.6) is 0 Å². The largest absolute Gasteiger partial charge is 0.351 e. The van der Waals surface area contributed by atoms with Crippen LogP contribution >= 0.6 is 35.4 Å². The molecule has 2 atom stereocenters. The minimum atomic E-state index is -3.41. The molecular weight excluding hydrogens is 573 g/mol. The summed E-state index contributed by atoms with van der Waals surface area (Å²) in [6.07, 6.45) is 2.91. The maximum absolute atomic E-state index is 11.8. The number of hydrogen-bond donors (Lipinski definition) is 2. The van der Waals surface area contributed by atoms with Crippen LogP contribution in [0.15, 0.2) is 66.9 Å². The van der Waals surface area contributed by atoms with Gasteiger partial charge in [-0.15, -0.1) is 0 Å². The van der Waals surface area contributed by atoms with Gasteiger partial charge in [-0.05, 0) is 98.7 Å². The van der Waals surface area contributed by atoms with Crippen LogP contribution in [0.4, 0.5) is 11.4 Å². The van der Waals surface area contributed by atoms with Crippen molar-refractivity contribution in [3.05, 3.63) is 105 Å². The predicted molar refractivity (Wildman–Crippen MR) is 163 cm³/mol. The molecule has 39 heavy (non-hydrogen) atoms. The van der Waals surface area contributed by atoms with Gasteiger partial charge in [0.05, 0.1) is 40.4 Å². The zero-order valence-corrected chi connectivity index (χ0v) is 24.9. The van der Waals surface area contributed by atoms with Gasteiger partial charge in [-0.3, -0.25) is 9.71 Å². The number of thiocarbonyl (C=S) groups is 1. The number of sulfonamides is 1. The molecule has 0 aliphatic carbocycles. The fourth-order valence-electron chi connectivity index (χ4n) is 5.18. The second-order valence-corrected chi connectivity index (χ2v) is 12.6. The standard InChI is InChI=1S/C28H27Cl2N5O2S2/c1-16-13-20(9-10-23(16)33-39(4,36)37)35-27(26(32-28(35)38)24-7-5-6-12-31-24)21-14-17(2)34(18(21)3)25-11-8-19(29)15-22(25)30/h5-15,26-27,33H,1-4H3,(H,32,38)/t26-,27+/m0/s1. The van der Waals surface area contributed by atoms with E-state index < -0.39 is 10.0 Å². The smallest absolute Gasteiger partial charge is 0.229 e. The van der Waals surface area contributed by atoms with E-state index >= 15 is 0 Å². The summed E-state index contributed by atoms with van der Waals surface area (Å²) in [5, 5.41) is 5.16. The molecule has 4 aromatic rings. The molecule has 1 aliphatic heterocycles. The van der Waals surface area contributed by atoms with Crippen LogP contribution in [0.1, 0.15) is 40.3 Å². The Balaban J connectivity index is 1.66. The number of aromatic nitrogens is 2. The van der Waals surface area contributed by atoms with Crippen molar-refractivity contribution in [3.8, 4) is 5.69 Å². The third kappa shape index (κ3) is 5.36. The van der Waals surface area contributed by atoms with E-state index in [1.54, 1.807) is 18.3 Å². The van der Waals surface area contributed by atoms with E-state index in [1.807, 2.05) is 56.3 Å². The molecule has 11 heteroatoms. The molecule has 2 N–H and O–H groups in total. The first-order chi connectivity index (χ1) is 18.4. The Kier molecular flexibility index (Phi) is 7.37. The maximum atomic E-state index is 11.8. The number of aryl methyl sites for hydroxylation is 2. The van der Waals surface area contributed by atoms with Crippen molar-refractivity contribution < 1.29 is 8.42 Å². The molecule has 1 aliphatic rings. The predicted octanol–water partition coefficient (Wildman–Crippen LogP) is 6.65. The average molecular weight is 601 g/mol. The van der Waals surface area contributed by atoms with E-state index in [2.05, 4.69) is 37.5 Å². The summed E-state index contributed by atoms with van der Waals surface area (Å²) in [4.78, 5) is 6.71. The topological polar surface area (TPSA) is 79.3 Å². The second-order valence-electron chi connectivity index (χ2n) is 9.63. The first-order valence-corrected chi connectivity index (χ1v) is 15.2. The average Bonchev–Trinajstić information content (AvgIpc) is 3.36. The Hall–Kier alpha value is -3.11.